The standard InChI is InChI=1S/C15H13F2NO4S/c16-13-4-3-10(6-14(13)17)15(19)18-7-12(8-18)23(20,21)9-11-2-1-5-22-11/h1-6,12H,7-9H2. The van der Waals surface area contributed by atoms with Crippen molar-refractivity contribution in [1.82, 2.24) is 4.90 Å². The maximum absolute atomic E-state index is 13.2. The Labute approximate surface area is 131 Å². The summed E-state index contributed by atoms with van der Waals surface area (Å²) in [5, 5.41) is -0.679. The molecular weight excluding hydrogens is 328 g/mol. The van der Waals surface area contributed by atoms with Crippen LogP contribution in [0.25, 0.3) is 0 Å². The van der Waals surface area contributed by atoms with Gasteiger partial charge in [0.05, 0.1) is 11.5 Å². The molecule has 1 aromatic heterocycles. The molecule has 0 saturated carbocycles. The van der Waals surface area contributed by atoms with E-state index >= 15 is 0 Å². The number of carbonyl (C=O) groups excluding carboxylic acids is 1. The molecular formula is C15H13F2NO4S. The lowest BCUT2D eigenvalue weighted by molar-refractivity contribution is 0.0658. The van der Waals surface area contributed by atoms with Crippen LogP contribution in [0.15, 0.2) is 41.0 Å². The van der Waals surface area contributed by atoms with Gasteiger partial charge in [-0.05, 0) is 30.3 Å². The Morgan fingerprint density at radius 1 is 1.22 bits per heavy atom. The van der Waals surface area contributed by atoms with E-state index in [-0.39, 0.29) is 24.4 Å². The second-order valence-electron chi connectivity index (χ2n) is 5.35. The highest BCUT2D eigenvalue weighted by molar-refractivity contribution is 7.91. The molecule has 0 unspecified atom stereocenters. The summed E-state index contributed by atoms with van der Waals surface area (Å²) >= 11 is 0. The molecule has 1 aliphatic heterocycles. The maximum Gasteiger partial charge on any atom is 0.254 e. The van der Waals surface area contributed by atoms with Gasteiger partial charge in [-0.25, -0.2) is 17.2 Å². The average Bonchev–Trinajstić information content (AvgIpc) is 2.91. The normalized spacial score (nSPS) is 15.5. The van der Waals surface area contributed by atoms with Crippen LogP contribution >= 0.6 is 0 Å². The van der Waals surface area contributed by atoms with Crippen LogP contribution in [0.1, 0.15) is 16.1 Å². The van der Waals surface area contributed by atoms with Crippen molar-refractivity contribution in [1.29, 1.82) is 0 Å². The fraction of sp³-hybridized carbons (Fsp3) is 0.267. The predicted molar refractivity (Wildman–Crippen MR) is 77.4 cm³/mol. The third-order valence-corrected chi connectivity index (χ3v) is 5.73. The number of benzene rings is 1. The van der Waals surface area contributed by atoms with Crippen LogP contribution in [0.4, 0.5) is 8.78 Å². The molecule has 0 radical (unpaired) electrons. The molecule has 0 N–H and O–H groups in total. The smallest absolute Gasteiger partial charge is 0.254 e. The third kappa shape index (κ3) is 3.12. The number of furan rings is 1. The fourth-order valence-electron chi connectivity index (χ4n) is 2.35. The lowest BCUT2D eigenvalue weighted by Crippen LogP contribution is -2.57. The Bertz CT molecular complexity index is 827. The van der Waals surface area contributed by atoms with Gasteiger partial charge in [-0.15, -0.1) is 0 Å². The third-order valence-electron chi connectivity index (χ3n) is 3.73. The topological polar surface area (TPSA) is 67.6 Å². The van der Waals surface area contributed by atoms with E-state index in [4.69, 9.17) is 4.42 Å². The van der Waals surface area contributed by atoms with Crippen molar-refractivity contribution < 1.29 is 26.4 Å². The van der Waals surface area contributed by atoms with E-state index in [1.165, 1.54) is 17.2 Å². The fourth-order valence-corrected chi connectivity index (χ4v) is 3.96. The van der Waals surface area contributed by atoms with Crippen molar-refractivity contribution in [2.75, 3.05) is 13.1 Å². The number of carbonyl (C=O) groups is 1. The van der Waals surface area contributed by atoms with Gasteiger partial charge in [-0.1, -0.05) is 0 Å². The minimum atomic E-state index is -3.43. The van der Waals surface area contributed by atoms with Gasteiger partial charge in [-0.2, -0.15) is 0 Å². The van der Waals surface area contributed by atoms with E-state index in [0.29, 0.717) is 5.76 Å². The summed E-state index contributed by atoms with van der Waals surface area (Å²) in [4.78, 5) is 13.4. The van der Waals surface area contributed by atoms with Crippen molar-refractivity contribution in [2.24, 2.45) is 0 Å². The summed E-state index contributed by atoms with van der Waals surface area (Å²) < 4.78 is 55.4. The number of nitrogens with zero attached hydrogens (tertiary/aromatic N) is 1. The van der Waals surface area contributed by atoms with E-state index in [0.717, 1.165) is 12.1 Å². The molecule has 2 aromatic rings. The zero-order chi connectivity index (χ0) is 16.6. The van der Waals surface area contributed by atoms with E-state index in [9.17, 15) is 22.0 Å². The number of likely N-dealkylation sites (tertiary alicyclic amines) is 1. The first-order valence-electron chi connectivity index (χ1n) is 6.85. The van der Waals surface area contributed by atoms with E-state index in [2.05, 4.69) is 0 Å². The van der Waals surface area contributed by atoms with Gasteiger partial charge in [0.1, 0.15) is 11.5 Å². The minimum absolute atomic E-state index is 0.00853. The minimum Gasteiger partial charge on any atom is -0.468 e. The van der Waals surface area contributed by atoms with Gasteiger partial charge in [0.2, 0.25) is 0 Å². The summed E-state index contributed by atoms with van der Waals surface area (Å²) in [7, 11) is -3.43. The zero-order valence-electron chi connectivity index (χ0n) is 11.9. The van der Waals surface area contributed by atoms with Crippen LogP contribution in [0.3, 0.4) is 0 Å². The molecule has 5 nitrogen and oxygen atoms in total. The van der Waals surface area contributed by atoms with Crippen LogP contribution in [0, 0.1) is 11.6 Å². The molecule has 3 rings (SSSR count). The van der Waals surface area contributed by atoms with Gasteiger partial charge in [0, 0.05) is 18.7 Å². The van der Waals surface area contributed by atoms with Crippen LogP contribution < -0.4 is 0 Å². The van der Waals surface area contributed by atoms with Crippen molar-refractivity contribution in [3.05, 3.63) is 59.6 Å². The van der Waals surface area contributed by atoms with Gasteiger partial charge < -0.3 is 9.32 Å². The summed E-state index contributed by atoms with van der Waals surface area (Å²) in [6.45, 7) is 0.0573. The highest BCUT2D eigenvalue weighted by Gasteiger charge is 2.40. The summed E-state index contributed by atoms with van der Waals surface area (Å²) in [6, 6.07) is 6.02. The molecule has 0 spiro atoms. The van der Waals surface area contributed by atoms with Crippen LogP contribution in [0.5, 0.6) is 0 Å². The maximum atomic E-state index is 13.2. The van der Waals surface area contributed by atoms with Gasteiger partial charge in [0.15, 0.2) is 21.5 Å². The molecule has 2 heterocycles. The molecule has 1 amide bonds. The Kier molecular flexibility index (Phi) is 3.93. The lowest BCUT2D eigenvalue weighted by atomic mass is 10.1. The van der Waals surface area contributed by atoms with Gasteiger partial charge >= 0.3 is 0 Å². The molecule has 1 aromatic carbocycles. The van der Waals surface area contributed by atoms with Crippen LogP contribution in [-0.2, 0) is 15.6 Å². The highest BCUT2D eigenvalue weighted by atomic mass is 32.2. The molecule has 1 saturated heterocycles. The Morgan fingerprint density at radius 2 is 1.96 bits per heavy atom. The molecule has 1 fully saturated rings. The number of sulfone groups is 1. The molecule has 0 atom stereocenters. The number of hydrogen-bond donors (Lipinski definition) is 0. The van der Waals surface area contributed by atoms with E-state index in [1.807, 2.05) is 0 Å². The van der Waals surface area contributed by atoms with Crippen molar-refractivity contribution in [3.8, 4) is 0 Å². The van der Waals surface area contributed by atoms with Crippen LogP contribution in [0.2, 0.25) is 0 Å². The average molecular weight is 341 g/mol. The molecule has 23 heavy (non-hydrogen) atoms. The monoisotopic (exact) mass is 341 g/mol. The molecule has 1 aliphatic rings. The summed E-state index contributed by atoms with van der Waals surface area (Å²) in [6.07, 6.45) is 1.39. The lowest BCUT2D eigenvalue weighted by Gasteiger charge is -2.38. The largest absolute Gasteiger partial charge is 0.468 e. The SMILES string of the molecule is O=C(c1ccc(F)c(F)c1)N1CC(S(=O)(=O)Cc2ccco2)C1. The number of halogens is 2. The second kappa shape index (κ2) is 5.77. The number of amides is 1. The zero-order valence-corrected chi connectivity index (χ0v) is 12.7. The van der Waals surface area contributed by atoms with Gasteiger partial charge in [0.25, 0.3) is 5.91 Å². The van der Waals surface area contributed by atoms with Crippen molar-refractivity contribution in [3.63, 3.8) is 0 Å². The highest BCUT2D eigenvalue weighted by Crippen LogP contribution is 2.23. The molecule has 0 aliphatic carbocycles. The predicted octanol–water partition coefficient (Wildman–Crippen LogP) is 2.00. The van der Waals surface area contributed by atoms with Gasteiger partial charge in [-0.3, -0.25) is 4.79 Å². The summed E-state index contributed by atoms with van der Waals surface area (Å²) in [5.41, 5.74) is -0.00853. The molecule has 0 bridgehead atoms. The first-order valence-corrected chi connectivity index (χ1v) is 8.56. The van der Waals surface area contributed by atoms with Crippen molar-refractivity contribution >= 4 is 15.7 Å². The van der Waals surface area contributed by atoms with Crippen molar-refractivity contribution in [2.45, 2.75) is 11.0 Å². The summed E-state index contributed by atoms with van der Waals surface area (Å²) in [5.74, 6) is -2.55. The van der Waals surface area contributed by atoms with E-state index in [1.54, 1.807) is 12.1 Å². The Morgan fingerprint density at radius 3 is 2.57 bits per heavy atom. The second-order valence-corrected chi connectivity index (χ2v) is 7.63. The Hall–Kier alpha value is -2.22. The first-order chi connectivity index (χ1) is 10.9. The quantitative estimate of drug-likeness (QED) is 0.853. The number of rotatable bonds is 4. The Balaban J connectivity index is 1.64. The van der Waals surface area contributed by atoms with E-state index < -0.39 is 32.6 Å². The first kappa shape index (κ1) is 15.7. The molecule has 122 valence electrons. The van der Waals surface area contributed by atoms with Crippen LogP contribution in [-0.4, -0.2) is 37.6 Å². The molecule has 8 heteroatoms. The number of hydrogen-bond acceptors (Lipinski definition) is 4.